The van der Waals surface area contributed by atoms with Crippen molar-refractivity contribution in [3.63, 3.8) is 0 Å². The van der Waals surface area contributed by atoms with Crippen molar-refractivity contribution in [2.45, 2.75) is 83.0 Å². The molecule has 4 rings (SSSR count). The van der Waals surface area contributed by atoms with Crippen LogP contribution in [0.5, 0.6) is 5.88 Å². The molecule has 1 amide bonds. The average molecular weight is 515 g/mol. The van der Waals surface area contributed by atoms with E-state index in [4.69, 9.17) is 9.47 Å². The normalized spacial score (nSPS) is 20.6. The van der Waals surface area contributed by atoms with Crippen LogP contribution < -0.4 is 10.1 Å². The highest BCUT2D eigenvalue weighted by molar-refractivity contribution is 5.68. The molecular weight excluding hydrogens is 484 g/mol. The van der Waals surface area contributed by atoms with Gasteiger partial charge < -0.3 is 19.7 Å². The molecule has 2 fully saturated rings. The smallest absolute Gasteiger partial charge is 0.410 e. The van der Waals surface area contributed by atoms with Crippen molar-refractivity contribution in [2.24, 2.45) is 0 Å². The van der Waals surface area contributed by atoms with Gasteiger partial charge in [-0.1, -0.05) is 0 Å². The standard InChI is InChI=1S/C23H30F4N6O3/c1-22(2,3)36-21(34)32-10-6-15(13-32)35-18-12-17(28-14-4-8-23(26,27)9-5-14)29-20(30-18)33-11-7-16(31-33)19(24)25/h7,11-12,14-15,19H,4-6,8-10,13H2,1-3H3,(H,28,29,30). The lowest BCUT2D eigenvalue weighted by Gasteiger charge is -2.29. The molecule has 3 heterocycles. The van der Waals surface area contributed by atoms with Gasteiger partial charge in [-0.05, 0) is 39.7 Å². The molecule has 198 valence electrons. The SMILES string of the molecule is CC(C)(C)OC(=O)N1CCC(Oc2cc(NC3CCC(F)(F)CC3)nc(-n3ccc(C(F)F)n3)n2)C1. The molecule has 2 aliphatic rings. The van der Waals surface area contributed by atoms with Gasteiger partial charge in [0, 0.05) is 44.1 Å². The molecule has 13 heteroatoms. The van der Waals surface area contributed by atoms with Crippen molar-refractivity contribution in [3.05, 3.63) is 24.0 Å². The average Bonchev–Trinajstić information content (AvgIpc) is 3.44. The zero-order valence-corrected chi connectivity index (χ0v) is 20.4. The zero-order chi connectivity index (χ0) is 26.1. The lowest BCUT2D eigenvalue weighted by molar-refractivity contribution is -0.0361. The number of nitrogens with one attached hydrogen (secondary N) is 1. The molecule has 0 bridgehead atoms. The third-order valence-electron chi connectivity index (χ3n) is 5.88. The highest BCUT2D eigenvalue weighted by Gasteiger charge is 2.35. The predicted octanol–water partition coefficient (Wildman–Crippen LogP) is 4.98. The van der Waals surface area contributed by atoms with Crippen LogP contribution in [0, 0.1) is 0 Å². The van der Waals surface area contributed by atoms with Gasteiger partial charge in [0.05, 0.1) is 6.54 Å². The molecule has 1 unspecified atom stereocenters. The number of nitrogens with zero attached hydrogens (tertiary/aromatic N) is 5. The van der Waals surface area contributed by atoms with Crippen molar-refractivity contribution >= 4 is 11.9 Å². The lowest BCUT2D eigenvalue weighted by atomic mass is 9.92. The maximum Gasteiger partial charge on any atom is 0.410 e. The summed E-state index contributed by atoms with van der Waals surface area (Å²) >= 11 is 0. The van der Waals surface area contributed by atoms with E-state index in [1.54, 1.807) is 25.7 Å². The number of carbonyl (C=O) groups excluding carboxylic acids is 1. The van der Waals surface area contributed by atoms with Crippen LogP contribution in [-0.2, 0) is 4.74 Å². The summed E-state index contributed by atoms with van der Waals surface area (Å²) in [7, 11) is 0. The number of amides is 1. The second kappa shape index (κ2) is 10.1. The second-order valence-electron chi connectivity index (χ2n) is 10.1. The molecule has 1 aliphatic heterocycles. The van der Waals surface area contributed by atoms with Crippen LogP contribution in [0.25, 0.3) is 5.95 Å². The monoisotopic (exact) mass is 514 g/mol. The summed E-state index contributed by atoms with van der Waals surface area (Å²) in [5.41, 5.74) is -1.06. The molecule has 0 spiro atoms. The Kier molecular flexibility index (Phi) is 7.28. The van der Waals surface area contributed by atoms with E-state index in [2.05, 4.69) is 20.4 Å². The summed E-state index contributed by atoms with van der Waals surface area (Å²) in [4.78, 5) is 22.6. The Balaban J connectivity index is 1.51. The molecule has 9 nitrogen and oxygen atoms in total. The van der Waals surface area contributed by atoms with Gasteiger partial charge in [0.1, 0.15) is 23.2 Å². The first-order valence-corrected chi connectivity index (χ1v) is 11.9. The fourth-order valence-electron chi connectivity index (χ4n) is 4.10. The maximum absolute atomic E-state index is 13.6. The van der Waals surface area contributed by atoms with Gasteiger partial charge in [-0.2, -0.15) is 15.1 Å². The van der Waals surface area contributed by atoms with Gasteiger partial charge in [-0.25, -0.2) is 27.0 Å². The number of ether oxygens (including phenoxy) is 2. The Hall–Kier alpha value is -3.12. The number of hydrogen-bond acceptors (Lipinski definition) is 7. The van der Waals surface area contributed by atoms with E-state index >= 15 is 0 Å². The topological polar surface area (TPSA) is 94.4 Å². The highest BCUT2D eigenvalue weighted by atomic mass is 19.3. The number of alkyl halides is 4. The van der Waals surface area contributed by atoms with E-state index in [1.807, 2.05) is 0 Å². The van der Waals surface area contributed by atoms with E-state index in [9.17, 15) is 22.4 Å². The van der Waals surface area contributed by atoms with E-state index in [1.165, 1.54) is 12.3 Å². The van der Waals surface area contributed by atoms with Crippen LogP contribution in [0.2, 0.25) is 0 Å². The van der Waals surface area contributed by atoms with Gasteiger partial charge in [-0.3, -0.25) is 0 Å². The quantitative estimate of drug-likeness (QED) is 0.544. The Morgan fingerprint density at radius 3 is 2.56 bits per heavy atom. The molecule has 1 aliphatic carbocycles. The van der Waals surface area contributed by atoms with Gasteiger partial charge in [0.25, 0.3) is 12.4 Å². The largest absolute Gasteiger partial charge is 0.472 e. The number of carbonyl (C=O) groups is 1. The minimum Gasteiger partial charge on any atom is -0.472 e. The maximum atomic E-state index is 13.6. The van der Waals surface area contributed by atoms with Crippen molar-refractivity contribution in [3.8, 4) is 11.8 Å². The summed E-state index contributed by atoms with van der Waals surface area (Å²) in [6.07, 6.45) is -1.68. The molecule has 36 heavy (non-hydrogen) atoms. The number of aromatic nitrogens is 4. The highest BCUT2D eigenvalue weighted by Crippen LogP contribution is 2.34. The van der Waals surface area contributed by atoms with Crippen molar-refractivity contribution < 1.29 is 31.8 Å². The second-order valence-corrected chi connectivity index (χ2v) is 10.1. The van der Waals surface area contributed by atoms with Crippen LogP contribution in [-0.4, -0.2) is 67.5 Å². The summed E-state index contributed by atoms with van der Waals surface area (Å²) in [6, 6.07) is 2.46. The van der Waals surface area contributed by atoms with Crippen molar-refractivity contribution in [1.29, 1.82) is 0 Å². The van der Waals surface area contributed by atoms with E-state index < -0.39 is 29.7 Å². The first-order chi connectivity index (χ1) is 16.9. The summed E-state index contributed by atoms with van der Waals surface area (Å²) in [5, 5.41) is 6.96. The Morgan fingerprint density at radius 1 is 1.19 bits per heavy atom. The zero-order valence-electron chi connectivity index (χ0n) is 20.4. The molecule has 1 saturated heterocycles. The number of halogens is 4. The lowest BCUT2D eigenvalue weighted by Crippen LogP contribution is -2.36. The number of likely N-dealkylation sites (tertiary alicyclic amines) is 1. The summed E-state index contributed by atoms with van der Waals surface area (Å²) in [6.45, 7) is 6.08. The van der Waals surface area contributed by atoms with Crippen LogP contribution in [0.3, 0.4) is 0 Å². The molecule has 1 saturated carbocycles. The third kappa shape index (κ3) is 6.76. The van der Waals surface area contributed by atoms with E-state index in [0.717, 1.165) is 10.7 Å². The number of rotatable bonds is 6. The van der Waals surface area contributed by atoms with Crippen LogP contribution in [0.4, 0.5) is 28.2 Å². The Bertz CT molecular complexity index is 1060. The first kappa shape index (κ1) is 26.0. The molecule has 0 aromatic carbocycles. The predicted molar refractivity (Wildman–Crippen MR) is 122 cm³/mol. The third-order valence-corrected chi connectivity index (χ3v) is 5.88. The minimum absolute atomic E-state index is 0.00923. The van der Waals surface area contributed by atoms with E-state index in [-0.39, 0.29) is 56.2 Å². The van der Waals surface area contributed by atoms with Crippen molar-refractivity contribution in [1.82, 2.24) is 24.6 Å². The molecule has 1 atom stereocenters. The van der Waals surface area contributed by atoms with Gasteiger partial charge in [-0.15, -0.1) is 0 Å². The summed E-state index contributed by atoms with van der Waals surface area (Å²) in [5.74, 6) is -2.23. The van der Waals surface area contributed by atoms with E-state index in [0.29, 0.717) is 18.8 Å². The first-order valence-electron chi connectivity index (χ1n) is 11.9. The summed E-state index contributed by atoms with van der Waals surface area (Å²) < 4.78 is 65.7. The minimum atomic E-state index is -2.76. The molecular formula is C23H30F4N6O3. The van der Waals surface area contributed by atoms with Crippen LogP contribution >= 0.6 is 0 Å². The van der Waals surface area contributed by atoms with Crippen molar-refractivity contribution in [2.75, 3.05) is 18.4 Å². The van der Waals surface area contributed by atoms with Gasteiger partial charge >= 0.3 is 6.09 Å². The van der Waals surface area contributed by atoms with Crippen LogP contribution in [0.15, 0.2) is 18.3 Å². The molecule has 0 radical (unpaired) electrons. The van der Waals surface area contributed by atoms with Gasteiger partial charge in [0.15, 0.2) is 0 Å². The fraction of sp³-hybridized carbons (Fsp3) is 0.652. The molecule has 2 aromatic heterocycles. The van der Waals surface area contributed by atoms with Crippen LogP contribution in [0.1, 0.15) is 65.0 Å². The fourth-order valence-corrected chi connectivity index (χ4v) is 4.10. The number of anilines is 1. The number of hydrogen-bond donors (Lipinski definition) is 1. The van der Waals surface area contributed by atoms with Gasteiger partial charge in [0.2, 0.25) is 11.8 Å². The molecule has 1 N–H and O–H groups in total. The Morgan fingerprint density at radius 2 is 1.92 bits per heavy atom. The molecule has 2 aromatic rings. The Labute approximate surface area is 206 Å².